The van der Waals surface area contributed by atoms with Crippen molar-refractivity contribution in [1.29, 1.82) is 0 Å². The number of benzene rings is 1. The SMILES string of the molecule is COc1cccc(C(N)CN)c1.Cl.Cl. The zero-order valence-corrected chi connectivity index (χ0v) is 9.61. The van der Waals surface area contributed by atoms with Crippen LogP contribution in [0.2, 0.25) is 0 Å². The van der Waals surface area contributed by atoms with Crippen LogP contribution < -0.4 is 16.2 Å². The van der Waals surface area contributed by atoms with Crippen LogP contribution in [0.4, 0.5) is 0 Å². The largest absolute Gasteiger partial charge is 0.497 e. The molecular weight excluding hydrogens is 223 g/mol. The van der Waals surface area contributed by atoms with E-state index in [-0.39, 0.29) is 30.9 Å². The van der Waals surface area contributed by atoms with Crippen LogP contribution in [0.25, 0.3) is 0 Å². The maximum absolute atomic E-state index is 5.74. The molecule has 0 fully saturated rings. The number of methoxy groups -OCH3 is 1. The van der Waals surface area contributed by atoms with Gasteiger partial charge < -0.3 is 16.2 Å². The first kappa shape index (κ1) is 16.0. The van der Waals surface area contributed by atoms with Gasteiger partial charge in [0.05, 0.1) is 7.11 Å². The lowest BCUT2D eigenvalue weighted by Crippen LogP contribution is -2.20. The lowest BCUT2D eigenvalue weighted by molar-refractivity contribution is 0.414. The summed E-state index contributed by atoms with van der Waals surface area (Å²) in [5, 5.41) is 0. The Morgan fingerprint density at radius 2 is 2.00 bits per heavy atom. The summed E-state index contributed by atoms with van der Waals surface area (Å²) in [6.45, 7) is 0.452. The minimum absolute atomic E-state index is 0. The van der Waals surface area contributed by atoms with E-state index in [4.69, 9.17) is 16.2 Å². The third-order valence-electron chi connectivity index (χ3n) is 1.78. The summed E-state index contributed by atoms with van der Waals surface area (Å²) in [4.78, 5) is 0. The Hall–Kier alpha value is -0.480. The molecule has 0 bridgehead atoms. The molecule has 0 aliphatic carbocycles. The van der Waals surface area contributed by atoms with Crippen LogP contribution in [0.15, 0.2) is 24.3 Å². The standard InChI is InChI=1S/C9H14N2O.2ClH/c1-12-8-4-2-3-7(5-8)9(11)6-10;;/h2-5,9H,6,10-11H2,1H3;2*1H. The summed E-state index contributed by atoms with van der Waals surface area (Å²) in [6.07, 6.45) is 0. The molecule has 1 aromatic rings. The van der Waals surface area contributed by atoms with E-state index >= 15 is 0 Å². The summed E-state index contributed by atoms with van der Waals surface area (Å²) in [6, 6.07) is 7.54. The molecule has 1 atom stereocenters. The second-order valence-corrected chi connectivity index (χ2v) is 2.62. The fourth-order valence-corrected chi connectivity index (χ4v) is 1.01. The fraction of sp³-hybridized carbons (Fsp3) is 0.333. The number of ether oxygens (including phenoxy) is 1. The van der Waals surface area contributed by atoms with Gasteiger partial charge in [0.2, 0.25) is 0 Å². The van der Waals surface area contributed by atoms with E-state index in [0.717, 1.165) is 11.3 Å². The van der Waals surface area contributed by atoms with Crippen molar-refractivity contribution in [3.05, 3.63) is 29.8 Å². The highest BCUT2D eigenvalue weighted by atomic mass is 35.5. The van der Waals surface area contributed by atoms with E-state index in [0.29, 0.717) is 6.54 Å². The first-order valence-electron chi connectivity index (χ1n) is 3.87. The predicted molar refractivity (Wildman–Crippen MR) is 63.5 cm³/mol. The van der Waals surface area contributed by atoms with E-state index in [9.17, 15) is 0 Å². The van der Waals surface area contributed by atoms with E-state index in [2.05, 4.69) is 0 Å². The van der Waals surface area contributed by atoms with Crippen LogP contribution in [-0.2, 0) is 0 Å². The second kappa shape index (κ2) is 7.88. The Labute approximate surface area is 96.6 Å². The Bertz CT molecular complexity index is 258. The maximum Gasteiger partial charge on any atom is 0.119 e. The zero-order chi connectivity index (χ0) is 8.97. The van der Waals surface area contributed by atoms with Crippen LogP contribution in [0.1, 0.15) is 11.6 Å². The average molecular weight is 239 g/mol. The van der Waals surface area contributed by atoms with Gasteiger partial charge in [0, 0.05) is 12.6 Å². The number of hydrogen-bond acceptors (Lipinski definition) is 3. The normalized spacial score (nSPS) is 10.8. The van der Waals surface area contributed by atoms with E-state index in [1.54, 1.807) is 7.11 Å². The number of rotatable bonds is 3. The van der Waals surface area contributed by atoms with Crippen molar-refractivity contribution in [2.45, 2.75) is 6.04 Å². The molecule has 82 valence electrons. The molecule has 0 radical (unpaired) electrons. The topological polar surface area (TPSA) is 61.3 Å². The van der Waals surface area contributed by atoms with Crippen LogP contribution >= 0.6 is 24.8 Å². The molecule has 0 spiro atoms. The molecule has 0 saturated heterocycles. The highest BCUT2D eigenvalue weighted by molar-refractivity contribution is 5.85. The van der Waals surface area contributed by atoms with E-state index in [1.165, 1.54) is 0 Å². The van der Waals surface area contributed by atoms with Crippen molar-refractivity contribution < 1.29 is 4.74 Å². The number of hydrogen-bond donors (Lipinski definition) is 2. The molecular formula is C9H16Cl2N2O. The van der Waals surface area contributed by atoms with Gasteiger partial charge in [0.1, 0.15) is 5.75 Å². The molecule has 3 nitrogen and oxygen atoms in total. The van der Waals surface area contributed by atoms with Gasteiger partial charge in [-0.05, 0) is 17.7 Å². The van der Waals surface area contributed by atoms with Gasteiger partial charge in [0.15, 0.2) is 0 Å². The lowest BCUT2D eigenvalue weighted by atomic mass is 10.1. The molecule has 0 aliphatic heterocycles. The Morgan fingerprint density at radius 1 is 1.36 bits per heavy atom. The molecule has 14 heavy (non-hydrogen) atoms. The van der Waals surface area contributed by atoms with Gasteiger partial charge in [-0.2, -0.15) is 0 Å². The first-order chi connectivity index (χ1) is 5.77. The summed E-state index contributed by atoms with van der Waals surface area (Å²) >= 11 is 0. The smallest absolute Gasteiger partial charge is 0.119 e. The summed E-state index contributed by atoms with van der Waals surface area (Å²) in [5.41, 5.74) is 12.2. The average Bonchev–Trinajstić information content (AvgIpc) is 2.17. The van der Waals surface area contributed by atoms with Gasteiger partial charge in [-0.3, -0.25) is 0 Å². The summed E-state index contributed by atoms with van der Waals surface area (Å²) < 4.78 is 5.05. The quantitative estimate of drug-likeness (QED) is 0.840. The van der Waals surface area contributed by atoms with Crippen LogP contribution in [0.3, 0.4) is 0 Å². The molecule has 5 heteroatoms. The van der Waals surface area contributed by atoms with Crippen LogP contribution in [0.5, 0.6) is 5.75 Å². The van der Waals surface area contributed by atoms with Crippen LogP contribution in [-0.4, -0.2) is 13.7 Å². The minimum Gasteiger partial charge on any atom is -0.497 e. The Morgan fingerprint density at radius 3 is 2.50 bits per heavy atom. The van der Waals surface area contributed by atoms with E-state index in [1.807, 2.05) is 24.3 Å². The third-order valence-corrected chi connectivity index (χ3v) is 1.78. The Kier molecular flexibility index (Phi) is 8.99. The molecule has 0 aliphatic rings. The van der Waals surface area contributed by atoms with Crippen molar-refractivity contribution in [3.63, 3.8) is 0 Å². The molecule has 4 N–H and O–H groups in total. The molecule has 1 aromatic carbocycles. The first-order valence-corrected chi connectivity index (χ1v) is 3.87. The second-order valence-electron chi connectivity index (χ2n) is 2.62. The van der Waals surface area contributed by atoms with Crippen molar-refractivity contribution in [2.24, 2.45) is 11.5 Å². The molecule has 1 unspecified atom stereocenters. The summed E-state index contributed by atoms with van der Waals surface area (Å²) in [7, 11) is 1.63. The number of halogens is 2. The summed E-state index contributed by atoms with van der Waals surface area (Å²) in [5.74, 6) is 0.816. The van der Waals surface area contributed by atoms with Crippen molar-refractivity contribution in [3.8, 4) is 5.75 Å². The Balaban J connectivity index is 0. The zero-order valence-electron chi connectivity index (χ0n) is 7.97. The molecule has 0 aromatic heterocycles. The molecule has 0 heterocycles. The van der Waals surface area contributed by atoms with Gasteiger partial charge >= 0.3 is 0 Å². The molecule has 0 amide bonds. The highest BCUT2D eigenvalue weighted by Crippen LogP contribution is 2.16. The van der Waals surface area contributed by atoms with Gasteiger partial charge in [-0.1, -0.05) is 12.1 Å². The van der Waals surface area contributed by atoms with Crippen molar-refractivity contribution in [1.82, 2.24) is 0 Å². The van der Waals surface area contributed by atoms with E-state index < -0.39 is 0 Å². The van der Waals surface area contributed by atoms with Crippen LogP contribution in [0, 0.1) is 0 Å². The fourth-order valence-electron chi connectivity index (χ4n) is 1.01. The van der Waals surface area contributed by atoms with Gasteiger partial charge in [0.25, 0.3) is 0 Å². The van der Waals surface area contributed by atoms with Gasteiger partial charge in [-0.25, -0.2) is 0 Å². The predicted octanol–water partition coefficient (Wildman–Crippen LogP) is 1.50. The molecule has 0 saturated carbocycles. The monoisotopic (exact) mass is 238 g/mol. The van der Waals surface area contributed by atoms with Gasteiger partial charge in [-0.15, -0.1) is 24.8 Å². The van der Waals surface area contributed by atoms with Crippen molar-refractivity contribution >= 4 is 24.8 Å². The van der Waals surface area contributed by atoms with Crippen molar-refractivity contribution in [2.75, 3.05) is 13.7 Å². The lowest BCUT2D eigenvalue weighted by Gasteiger charge is -2.09. The highest BCUT2D eigenvalue weighted by Gasteiger charge is 2.03. The third kappa shape index (κ3) is 4.15. The molecule has 1 rings (SSSR count). The minimum atomic E-state index is -0.0971. The maximum atomic E-state index is 5.74. The number of nitrogens with two attached hydrogens (primary N) is 2.